The lowest BCUT2D eigenvalue weighted by Gasteiger charge is -2.19. The van der Waals surface area contributed by atoms with E-state index in [-0.39, 0.29) is 11.8 Å². The highest BCUT2D eigenvalue weighted by atomic mass is 35.5. The number of rotatable bonds is 7. The Morgan fingerprint density at radius 1 is 1.35 bits per heavy atom. The molecule has 0 aliphatic heterocycles. The van der Waals surface area contributed by atoms with Gasteiger partial charge in [0.15, 0.2) is 0 Å². The van der Waals surface area contributed by atoms with Gasteiger partial charge in [-0.15, -0.1) is 6.58 Å². The zero-order valence-corrected chi connectivity index (χ0v) is 12.3. The highest BCUT2D eigenvalue weighted by Crippen LogP contribution is 2.09. The fourth-order valence-electron chi connectivity index (χ4n) is 1.71. The third kappa shape index (κ3) is 5.89. The zero-order valence-electron chi connectivity index (χ0n) is 11.6. The van der Waals surface area contributed by atoms with Gasteiger partial charge in [-0.2, -0.15) is 0 Å². The van der Waals surface area contributed by atoms with Crippen LogP contribution < -0.4 is 5.32 Å². The summed E-state index contributed by atoms with van der Waals surface area (Å²) >= 11 is 5.78. The number of nitrogens with zero attached hydrogens (tertiary/aromatic N) is 1. The molecular weight excluding hydrogens is 276 g/mol. The minimum absolute atomic E-state index is 0.0307. The molecule has 1 aromatic carbocycles. The molecule has 0 aliphatic carbocycles. The molecule has 5 heteroatoms. The summed E-state index contributed by atoms with van der Waals surface area (Å²) in [7, 11) is 0. The Morgan fingerprint density at radius 3 is 2.55 bits per heavy atom. The number of carbonyl (C=O) groups is 2. The van der Waals surface area contributed by atoms with Gasteiger partial charge in [-0.25, -0.2) is 0 Å². The Bertz CT molecular complexity index is 471. The van der Waals surface area contributed by atoms with Crippen LogP contribution in [0.25, 0.3) is 0 Å². The summed E-state index contributed by atoms with van der Waals surface area (Å²) in [5.41, 5.74) is 0.904. The van der Waals surface area contributed by atoms with Crippen molar-refractivity contribution >= 4 is 23.4 Å². The Kier molecular flexibility index (Phi) is 6.81. The molecule has 0 saturated carbocycles. The maximum Gasteiger partial charge on any atom is 0.224 e. The van der Waals surface area contributed by atoms with Crippen LogP contribution in [0.2, 0.25) is 5.02 Å². The Morgan fingerprint density at radius 2 is 2.00 bits per heavy atom. The number of carbonyl (C=O) groups excluding carboxylic acids is 2. The first kappa shape index (κ1) is 16.2. The Labute approximate surface area is 124 Å². The van der Waals surface area contributed by atoms with E-state index in [1.54, 1.807) is 23.1 Å². The molecule has 0 aliphatic rings. The number of hydrogen-bond donors (Lipinski definition) is 1. The molecule has 0 radical (unpaired) electrons. The van der Waals surface area contributed by atoms with Crippen LogP contribution in [0.4, 0.5) is 0 Å². The third-order valence-electron chi connectivity index (χ3n) is 2.78. The van der Waals surface area contributed by atoms with E-state index in [1.165, 1.54) is 6.92 Å². The highest BCUT2D eigenvalue weighted by Gasteiger charge is 2.07. The lowest BCUT2D eigenvalue weighted by Crippen LogP contribution is -2.38. The van der Waals surface area contributed by atoms with E-state index in [0.717, 1.165) is 5.56 Å². The van der Waals surface area contributed by atoms with Crippen molar-refractivity contribution in [1.82, 2.24) is 10.2 Å². The van der Waals surface area contributed by atoms with Crippen molar-refractivity contribution in [1.29, 1.82) is 0 Å². The lowest BCUT2D eigenvalue weighted by molar-refractivity contribution is -0.129. The molecule has 4 nitrogen and oxygen atoms in total. The van der Waals surface area contributed by atoms with E-state index in [2.05, 4.69) is 11.9 Å². The first-order chi connectivity index (χ1) is 9.52. The molecule has 0 bridgehead atoms. The predicted octanol–water partition coefficient (Wildman–Crippen LogP) is 2.03. The summed E-state index contributed by atoms with van der Waals surface area (Å²) in [5.74, 6) is -0.105. The van der Waals surface area contributed by atoms with Crippen molar-refractivity contribution in [2.45, 2.75) is 13.3 Å². The van der Waals surface area contributed by atoms with E-state index >= 15 is 0 Å². The van der Waals surface area contributed by atoms with Crippen LogP contribution in [0.3, 0.4) is 0 Å². The maximum absolute atomic E-state index is 11.7. The molecule has 1 aromatic rings. The minimum Gasteiger partial charge on any atom is -0.354 e. The van der Waals surface area contributed by atoms with Crippen LogP contribution in [-0.2, 0) is 16.0 Å². The number of benzene rings is 1. The van der Waals surface area contributed by atoms with Crippen molar-refractivity contribution in [3.63, 3.8) is 0 Å². The summed E-state index contributed by atoms with van der Waals surface area (Å²) in [5, 5.41) is 3.44. The smallest absolute Gasteiger partial charge is 0.224 e. The van der Waals surface area contributed by atoms with Crippen LogP contribution >= 0.6 is 11.6 Å². The molecular formula is C15H19ClN2O2. The fraction of sp³-hybridized carbons (Fsp3) is 0.333. The lowest BCUT2D eigenvalue weighted by atomic mass is 10.1. The number of amides is 2. The number of hydrogen-bond acceptors (Lipinski definition) is 2. The molecule has 0 aromatic heterocycles. The normalized spacial score (nSPS) is 9.90. The van der Waals surface area contributed by atoms with Gasteiger partial charge in [0.2, 0.25) is 11.8 Å². The van der Waals surface area contributed by atoms with Crippen molar-refractivity contribution in [3.05, 3.63) is 47.5 Å². The van der Waals surface area contributed by atoms with Crippen LogP contribution in [0, 0.1) is 0 Å². The van der Waals surface area contributed by atoms with Gasteiger partial charge in [0.05, 0.1) is 6.42 Å². The molecule has 0 unspecified atom stereocenters. The molecule has 2 amide bonds. The molecule has 0 heterocycles. The number of halogens is 1. The predicted molar refractivity (Wildman–Crippen MR) is 80.6 cm³/mol. The van der Waals surface area contributed by atoms with Crippen molar-refractivity contribution in [2.24, 2.45) is 0 Å². The molecule has 0 fully saturated rings. The second-order valence-corrected chi connectivity index (χ2v) is 4.84. The van der Waals surface area contributed by atoms with Gasteiger partial charge < -0.3 is 10.2 Å². The van der Waals surface area contributed by atoms with Crippen molar-refractivity contribution in [2.75, 3.05) is 19.6 Å². The average Bonchev–Trinajstić information content (AvgIpc) is 2.40. The number of nitrogens with one attached hydrogen (secondary N) is 1. The van der Waals surface area contributed by atoms with Gasteiger partial charge in [0, 0.05) is 31.6 Å². The van der Waals surface area contributed by atoms with Crippen molar-refractivity contribution < 1.29 is 9.59 Å². The molecule has 1 N–H and O–H groups in total. The van der Waals surface area contributed by atoms with Gasteiger partial charge in [0.25, 0.3) is 0 Å². The molecule has 0 atom stereocenters. The van der Waals surface area contributed by atoms with E-state index in [4.69, 9.17) is 11.6 Å². The second-order valence-electron chi connectivity index (χ2n) is 4.41. The summed E-state index contributed by atoms with van der Waals surface area (Å²) in [6.07, 6.45) is 1.97. The topological polar surface area (TPSA) is 49.4 Å². The van der Waals surface area contributed by atoms with Crippen LogP contribution in [0.15, 0.2) is 36.9 Å². The van der Waals surface area contributed by atoms with Gasteiger partial charge in [-0.1, -0.05) is 29.8 Å². The summed E-state index contributed by atoms with van der Waals surface area (Å²) in [4.78, 5) is 24.6. The summed E-state index contributed by atoms with van der Waals surface area (Å²) in [6, 6.07) is 7.15. The van der Waals surface area contributed by atoms with Crippen LogP contribution in [-0.4, -0.2) is 36.3 Å². The molecule has 0 spiro atoms. The van der Waals surface area contributed by atoms with Crippen molar-refractivity contribution in [3.8, 4) is 0 Å². The van der Waals surface area contributed by atoms with E-state index in [1.807, 2.05) is 12.1 Å². The monoisotopic (exact) mass is 294 g/mol. The maximum atomic E-state index is 11.7. The zero-order chi connectivity index (χ0) is 15.0. The quantitative estimate of drug-likeness (QED) is 0.782. The van der Waals surface area contributed by atoms with Gasteiger partial charge in [-0.3, -0.25) is 9.59 Å². The van der Waals surface area contributed by atoms with E-state index < -0.39 is 0 Å². The van der Waals surface area contributed by atoms with E-state index in [0.29, 0.717) is 31.1 Å². The van der Waals surface area contributed by atoms with Gasteiger partial charge in [0.1, 0.15) is 0 Å². The van der Waals surface area contributed by atoms with Crippen LogP contribution in [0.5, 0.6) is 0 Å². The van der Waals surface area contributed by atoms with Gasteiger partial charge in [-0.05, 0) is 17.7 Å². The summed E-state index contributed by atoms with van der Waals surface area (Å²) in [6.45, 7) is 6.49. The Balaban J connectivity index is 2.34. The van der Waals surface area contributed by atoms with Crippen LogP contribution in [0.1, 0.15) is 12.5 Å². The fourth-order valence-corrected chi connectivity index (χ4v) is 1.84. The SMILES string of the molecule is C=CCN(CCNC(=O)Cc1ccc(Cl)cc1)C(C)=O. The standard InChI is InChI=1S/C15H19ClN2O2/c1-3-9-18(12(2)19)10-8-17-15(20)11-13-4-6-14(16)7-5-13/h3-7H,1,8-11H2,2H3,(H,17,20). The van der Waals surface area contributed by atoms with Gasteiger partial charge >= 0.3 is 0 Å². The first-order valence-electron chi connectivity index (χ1n) is 6.40. The molecule has 1 rings (SSSR count). The Hall–Kier alpha value is -1.81. The average molecular weight is 295 g/mol. The van der Waals surface area contributed by atoms with E-state index in [9.17, 15) is 9.59 Å². The largest absolute Gasteiger partial charge is 0.354 e. The third-order valence-corrected chi connectivity index (χ3v) is 3.03. The molecule has 20 heavy (non-hydrogen) atoms. The minimum atomic E-state index is -0.0746. The second kappa shape index (κ2) is 8.38. The molecule has 0 saturated heterocycles. The highest BCUT2D eigenvalue weighted by molar-refractivity contribution is 6.30. The molecule has 108 valence electrons. The first-order valence-corrected chi connectivity index (χ1v) is 6.78. The summed E-state index contributed by atoms with van der Waals surface area (Å²) < 4.78 is 0.